The molecule has 1 aliphatic heterocycles. The number of hydrogen-bond acceptors (Lipinski definition) is 3. The molecule has 0 aliphatic carbocycles. The molecule has 0 saturated carbocycles. The number of nitrogens with zero attached hydrogens (tertiary/aromatic N) is 3. The van der Waals surface area contributed by atoms with Crippen molar-refractivity contribution >= 4 is 17.3 Å². The van der Waals surface area contributed by atoms with Crippen LogP contribution in [0.1, 0.15) is 41.9 Å². The number of aryl methyl sites for hydroxylation is 1. The Balaban J connectivity index is 1.50. The summed E-state index contributed by atoms with van der Waals surface area (Å²) in [5.41, 5.74) is 5.71. The fourth-order valence-corrected chi connectivity index (χ4v) is 3.94. The fraction of sp³-hybridized carbons (Fsp3) is 0.333. The van der Waals surface area contributed by atoms with Crippen LogP contribution in [0.2, 0.25) is 0 Å². The minimum Gasteiger partial charge on any atom is -0.371 e. The van der Waals surface area contributed by atoms with E-state index in [1.54, 1.807) is 6.20 Å². The Hall–Kier alpha value is -3.08. The summed E-state index contributed by atoms with van der Waals surface area (Å²) in [6, 6.07) is 16.3. The molecule has 1 aromatic heterocycles. The van der Waals surface area contributed by atoms with E-state index in [4.69, 9.17) is 0 Å². The Morgan fingerprint density at radius 2 is 1.79 bits per heavy atom. The van der Waals surface area contributed by atoms with Gasteiger partial charge in [-0.2, -0.15) is 5.10 Å². The third-order valence-corrected chi connectivity index (χ3v) is 5.64. The Morgan fingerprint density at radius 1 is 1.10 bits per heavy atom. The number of amides is 1. The number of aromatic nitrogens is 2. The Kier molecular flexibility index (Phi) is 5.38. The number of rotatable bonds is 5. The number of carbonyl (C=O) groups is 1. The Labute approximate surface area is 172 Å². The van der Waals surface area contributed by atoms with Crippen molar-refractivity contribution in [2.24, 2.45) is 5.92 Å². The van der Waals surface area contributed by atoms with Gasteiger partial charge in [-0.05, 0) is 62.1 Å². The topological polar surface area (TPSA) is 50.2 Å². The van der Waals surface area contributed by atoms with Crippen molar-refractivity contribution in [3.8, 4) is 5.69 Å². The molecular formula is C24H28N4O. The van der Waals surface area contributed by atoms with Crippen LogP contribution < -0.4 is 10.2 Å². The molecule has 2 heterocycles. The number of carbonyl (C=O) groups excluding carboxylic acids is 1. The van der Waals surface area contributed by atoms with Gasteiger partial charge in [-0.25, -0.2) is 4.68 Å². The van der Waals surface area contributed by atoms with Crippen LogP contribution >= 0.6 is 0 Å². The second-order valence-electron chi connectivity index (χ2n) is 7.95. The molecule has 1 N–H and O–H groups in total. The molecule has 1 saturated heterocycles. The molecule has 4 rings (SSSR count). The Morgan fingerprint density at radius 3 is 2.41 bits per heavy atom. The van der Waals surface area contributed by atoms with Gasteiger partial charge in [0.2, 0.25) is 0 Å². The number of nitrogens with one attached hydrogen (secondary N) is 1. The highest BCUT2D eigenvalue weighted by molar-refractivity contribution is 6.05. The summed E-state index contributed by atoms with van der Waals surface area (Å²) in [5, 5.41) is 7.49. The van der Waals surface area contributed by atoms with Gasteiger partial charge in [-0.15, -0.1) is 0 Å². The van der Waals surface area contributed by atoms with Crippen molar-refractivity contribution in [2.75, 3.05) is 23.3 Å². The summed E-state index contributed by atoms with van der Waals surface area (Å²) < 4.78 is 1.85. The summed E-state index contributed by atoms with van der Waals surface area (Å²) in [6.45, 7) is 8.59. The zero-order valence-electron chi connectivity index (χ0n) is 17.4. The molecule has 1 aliphatic rings. The number of anilines is 2. The first-order valence-electron chi connectivity index (χ1n) is 10.4. The summed E-state index contributed by atoms with van der Waals surface area (Å²) in [6.07, 6.45) is 3.62. The van der Waals surface area contributed by atoms with Crippen molar-refractivity contribution in [3.05, 3.63) is 71.5 Å². The Bertz CT molecular complexity index is 989. The predicted octanol–water partition coefficient (Wildman–Crippen LogP) is 4.84. The summed E-state index contributed by atoms with van der Waals surface area (Å²) >= 11 is 0. The molecule has 0 spiro atoms. The van der Waals surface area contributed by atoms with Crippen molar-refractivity contribution in [3.63, 3.8) is 0 Å². The van der Waals surface area contributed by atoms with Gasteiger partial charge in [0, 0.05) is 24.5 Å². The first-order chi connectivity index (χ1) is 14.0. The third-order valence-electron chi connectivity index (χ3n) is 5.64. The highest BCUT2D eigenvalue weighted by Gasteiger charge is 2.20. The first-order valence-corrected chi connectivity index (χ1v) is 10.4. The van der Waals surface area contributed by atoms with Crippen molar-refractivity contribution in [2.45, 2.75) is 33.6 Å². The van der Waals surface area contributed by atoms with E-state index in [2.05, 4.69) is 53.4 Å². The predicted molar refractivity (Wildman–Crippen MR) is 118 cm³/mol. The molecule has 0 radical (unpaired) electrons. The summed E-state index contributed by atoms with van der Waals surface area (Å²) in [7, 11) is 0. The molecule has 1 fully saturated rings. The number of hydrogen-bond donors (Lipinski definition) is 1. The van der Waals surface area contributed by atoms with Gasteiger partial charge in [0.05, 0.1) is 23.1 Å². The maximum atomic E-state index is 12.9. The molecule has 3 aromatic rings. The maximum absolute atomic E-state index is 12.9. The molecule has 0 bridgehead atoms. The lowest BCUT2D eigenvalue weighted by Crippen LogP contribution is -2.19. The molecule has 150 valence electrons. The maximum Gasteiger partial charge on any atom is 0.259 e. The summed E-state index contributed by atoms with van der Waals surface area (Å²) in [5.74, 6) is 0.620. The van der Waals surface area contributed by atoms with Gasteiger partial charge >= 0.3 is 0 Å². The lowest BCUT2D eigenvalue weighted by molar-refractivity contribution is 0.102. The molecule has 5 nitrogen and oxygen atoms in total. The van der Waals surface area contributed by atoms with Crippen LogP contribution in [0.5, 0.6) is 0 Å². The van der Waals surface area contributed by atoms with E-state index in [1.807, 2.05) is 35.9 Å². The van der Waals surface area contributed by atoms with Crippen molar-refractivity contribution in [1.82, 2.24) is 9.78 Å². The normalized spacial score (nSPS) is 16.2. The highest BCUT2D eigenvalue weighted by Crippen LogP contribution is 2.25. The van der Waals surface area contributed by atoms with E-state index >= 15 is 0 Å². The highest BCUT2D eigenvalue weighted by atomic mass is 16.1. The van der Waals surface area contributed by atoms with Crippen LogP contribution in [0.25, 0.3) is 5.69 Å². The number of benzene rings is 2. The van der Waals surface area contributed by atoms with Gasteiger partial charge < -0.3 is 10.2 Å². The molecule has 29 heavy (non-hydrogen) atoms. The zero-order valence-corrected chi connectivity index (χ0v) is 17.4. The van der Waals surface area contributed by atoms with E-state index in [1.165, 1.54) is 17.7 Å². The first kappa shape index (κ1) is 19.2. The largest absolute Gasteiger partial charge is 0.371 e. The molecule has 1 amide bonds. The molecule has 2 aromatic carbocycles. The molecule has 1 atom stereocenters. The van der Waals surface area contributed by atoms with Crippen LogP contribution in [0.4, 0.5) is 11.4 Å². The van der Waals surface area contributed by atoms with Crippen LogP contribution in [0.15, 0.2) is 54.7 Å². The van der Waals surface area contributed by atoms with Crippen LogP contribution in [-0.2, 0) is 6.42 Å². The van der Waals surface area contributed by atoms with Gasteiger partial charge in [0.1, 0.15) is 0 Å². The zero-order chi connectivity index (χ0) is 20.4. The van der Waals surface area contributed by atoms with Crippen LogP contribution in [-0.4, -0.2) is 28.8 Å². The second kappa shape index (κ2) is 8.11. The molecular weight excluding hydrogens is 360 g/mol. The van der Waals surface area contributed by atoms with Gasteiger partial charge in [-0.1, -0.05) is 31.5 Å². The van der Waals surface area contributed by atoms with Gasteiger partial charge in [0.15, 0.2) is 0 Å². The smallest absolute Gasteiger partial charge is 0.259 e. The minimum absolute atomic E-state index is 0.122. The van der Waals surface area contributed by atoms with Crippen LogP contribution in [0.3, 0.4) is 0 Å². The van der Waals surface area contributed by atoms with Gasteiger partial charge in [0.25, 0.3) is 5.91 Å². The lowest BCUT2D eigenvalue weighted by Gasteiger charge is -2.18. The average Bonchev–Trinajstić information content (AvgIpc) is 3.35. The second-order valence-corrected chi connectivity index (χ2v) is 7.95. The van der Waals surface area contributed by atoms with E-state index in [9.17, 15) is 4.79 Å². The molecule has 1 unspecified atom stereocenters. The monoisotopic (exact) mass is 388 g/mol. The van der Waals surface area contributed by atoms with E-state index in [0.29, 0.717) is 5.56 Å². The lowest BCUT2D eigenvalue weighted by atomic mass is 10.1. The summed E-state index contributed by atoms with van der Waals surface area (Å²) in [4.78, 5) is 15.3. The van der Waals surface area contributed by atoms with Crippen molar-refractivity contribution < 1.29 is 4.79 Å². The standard InChI is InChI=1S/C24H28N4O/c1-4-23-22(15-25-28(23)21-9-5-17(2)6-10-21)24(29)26-19-7-11-20(12-8-19)27-14-13-18(3)16-27/h5-12,15,18H,4,13-14,16H2,1-3H3,(H,26,29). The quantitative estimate of drug-likeness (QED) is 0.680. The SMILES string of the molecule is CCc1c(C(=O)Nc2ccc(N3CCC(C)C3)cc2)cnn1-c1ccc(C)cc1. The fourth-order valence-electron chi connectivity index (χ4n) is 3.94. The average molecular weight is 389 g/mol. The van der Waals surface area contributed by atoms with E-state index in [-0.39, 0.29) is 5.91 Å². The third kappa shape index (κ3) is 4.04. The van der Waals surface area contributed by atoms with Gasteiger partial charge in [-0.3, -0.25) is 4.79 Å². The minimum atomic E-state index is -0.122. The van der Waals surface area contributed by atoms with Crippen molar-refractivity contribution in [1.29, 1.82) is 0 Å². The van der Waals surface area contributed by atoms with E-state index in [0.717, 1.165) is 42.5 Å². The van der Waals surface area contributed by atoms with E-state index < -0.39 is 0 Å². The van der Waals surface area contributed by atoms with Crippen LogP contribution in [0, 0.1) is 12.8 Å². The molecule has 5 heteroatoms.